The van der Waals surface area contributed by atoms with E-state index in [4.69, 9.17) is 0 Å². The number of carbonyl (C=O) groups is 1. The first-order valence-corrected chi connectivity index (χ1v) is 9.64. The molecule has 1 unspecified atom stereocenters. The minimum Gasteiger partial charge on any atom is -0.355 e. The molecule has 122 valence electrons. The fourth-order valence-corrected chi connectivity index (χ4v) is 3.62. The number of hydrogen-bond donors (Lipinski definition) is 1. The standard InChI is InChI=1S/C19H22BrNOS/c1-3-12-21-18(22)13-23-19(15-6-4-14(2)5-7-15)16-8-10-17(20)11-9-16/h4-11,19H,3,12-13H2,1-2H3,(H,21,22). The molecular formula is C19H22BrNOS. The molecule has 0 aliphatic heterocycles. The molecule has 0 aliphatic rings. The molecule has 2 nitrogen and oxygen atoms in total. The normalized spacial score (nSPS) is 12.0. The van der Waals surface area contributed by atoms with Crippen molar-refractivity contribution >= 4 is 33.6 Å². The quantitative estimate of drug-likeness (QED) is 0.710. The Morgan fingerprint density at radius 2 is 1.65 bits per heavy atom. The summed E-state index contributed by atoms with van der Waals surface area (Å²) in [7, 11) is 0. The Morgan fingerprint density at radius 3 is 2.22 bits per heavy atom. The molecule has 1 atom stereocenters. The Kier molecular flexibility index (Phi) is 7.18. The Balaban J connectivity index is 2.16. The van der Waals surface area contributed by atoms with E-state index in [0.29, 0.717) is 5.75 Å². The number of hydrogen-bond acceptors (Lipinski definition) is 2. The zero-order valence-corrected chi connectivity index (χ0v) is 15.9. The molecule has 0 bridgehead atoms. The molecule has 0 saturated carbocycles. The van der Waals surface area contributed by atoms with Gasteiger partial charge in [0.05, 0.1) is 11.0 Å². The number of amides is 1. The van der Waals surface area contributed by atoms with Crippen LogP contribution in [0.25, 0.3) is 0 Å². The average Bonchev–Trinajstić information content (AvgIpc) is 2.56. The van der Waals surface area contributed by atoms with E-state index in [1.807, 2.05) is 12.1 Å². The van der Waals surface area contributed by atoms with Crippen molar-refractivity contribution in [2.24, 2.45) is 0 Å². The second kappa shape index (κ2) is 9.14. The highest BCUT2D eigenvalue weighted by Crippen LogP contribution is 2.36. The van der Waals surface area contributed by atoms with Gasteiger partial charge in [-0.3, -0.25) is 4.79 Å². The van der Waals surface area contributed by atoms with Crippen molar-refractivity contribution in [3.63, 3.8) is 0 Å². The minimum absolute atomic E-state index is 0.103. The molecule has 0 aromatic heterocycles. The van der Waals surface area contributed by atoms with Gasteiger partial charge in [0.15, 0.2) is 0 Å². The fourth-order valence-electron chi connectivity index (χ4n) is 2.24. The van der Waals surface area contributed by atoms with E-state index >= 15 is 0 Å². The van der Waals surface area contributed by atoms with Gasteiger partial charge in [-0.05, 0) is 36.6 Å². The van der Waals surface area contributed by atoms with Crippen LogP contribution in [0.1, 0.15) is 35.3 Å². The van der Waals surface area contributed by atoms with Crippen LogP contribution in [0.15, 0.2) is 53.0 Å². The third kappa shape index (κ3) is 5.70. The molecule has 2 aromatic carbocycles. The fraction of sp³-hybridized carbons (Fsp3) is 0.316. The van der Waals surface area contributed by atoms with E-state index in [1.54, 1.807) is 11.8 Å². The first-order valence-electron chi connectivity index (χ1n) is 7.80. The molecule has 4 heteroatoms. The maximum absolute atomic E-state index is 11.9. The van der Waals surface area contributed by atoms with Gasteiger partial charge in [-0.25, -0.2) is 0 Å². The topological polar surface area (TPSA) is 29.1 Å². The molecule has 2 rings (SSSR count). The van der Waals surface area contributed by atoms with E-state index in [0.717, 1.165) is 17.4 Å². The highest BCUT2D eigenvalue weighted by molar-refractivity contribution is 9.10. The first-order chi connectivity index (χ1) is 11.1. The van der Waals surface area contributed by atoms with Crippen LogP contribution in [0.5, 0.6) is 0 Å². The molecule has 1 amide bonds. The van der Waals surface area contributed by atoms with Crippen LogP contribution in [-0.4, -0.2) is 18.2 Å². The summed E-state index contributed by atoms with van der Waals surface area (Å²) in [5.74, 6) is 0.570. The number of carbonyl (C=O) groups excluding carboxylic acids is 1. The van der Waals surface area contributed by atoms with Crippen LogP contribution in [0.4, 0.5) is 0 Å². The number of benzene rings is 2. The number of nitrogens with one attached hydrogen (secondary N) is 1. The van der Waals surface area contributed by atoms with Gasteiger partial charge in [-0.15, -0.1) is 11.8 Å². The number of aryl methyl sites for hydroxylation is 1. The second-order valence-corrected chi connectivity index (χ2v) is 7.51. The monoisotopic (exact) mass is 391 g/mol. The van der Waals surface area contributed by atoms with Crippen LogP contribution in [0, 0.1) is 6.92 Å². The predicted octanol–water partition coefficient (Wildman–Crippen LogP) is 5.11. The Labute approximate surface area is 151 Å². The zero-order valence-electron chi connectivity index (χ0n) is 13.5. The van der Waals surface area contributed by atoms with Crippen molar-refractivity contribution < 1.29 is 4.79 Å². The van der Waals surface area contributed by atoms with Crippen molar-refractivity contribution in [3.8, 4) is 0 Å². The summed E-state index contributed by atoms with van der Waals surface area (Å²) >= 11 is 5.15. The number of halogens is 1. The summed E-state index contributed by atoms with van der Waals surface area (Å²) in [6.07, 6.45) is 0.963. The molecule has 0 radical (unpaired) electrons. The van der Waals surface area contributed by atoms with Crippen LogP contribution >= 0.6 is 27.7 Å². The molecule has 0 heterocycles. The van der Waals surface area contributed by atoms with Gasteiger partial charge in [0, 0.05) is 11.0 Å². The Morgan fingerprint density at radius 1 is 1.09 bits per heavy atom. The van der Waals surface area contributed by atoms with Crippen molar-refractivity contribution in [3.05, 3.63) is 69.7 Å². The van der Waals surface area contributed by atoms with Crippen molar-refractivity contribution in [2.45, 2.75) is 25.5 Å². The van der Waals surface area contributed by atoms with Gasteiger partial charge in [0.1, 0.15) is 0 Å². The van der Waals surface area contributed by atoms with E-state index in [1.165, 1.54) is 16.7 Å². The predicted molar refractivity (Wildman–Crippen MR) is 103 cm³/mol. The Bertz CT molecular complexity index is 579. The molecule has 0 spiro atoms. The van der Waals surface area contributed by atoms with E-state index in [9.17, 15) is 4.79 Å². The van der Waals surface area contributed by atoms with E-state index in [-0.39, 0.29) is 11.2 Å². The van der Waals surface area contributed by atoms with Gasteiger partial charge in [0.25, 0.3) is 0 Å². The summed E-state index contributed by atoms with van der Waals surface area (Å²) < 4.78 is 1.06. The summed E-state index contributed by atoms with van der Waals surface area (Å²) in [5, 5.41) is 3.10. The lowest BCUT2D eigenvalue weighted by Gasteiger charge is -2.18. The molecule has 0 aliphatic carbocycles. The summed E-state index contributed by atoms with van der Waals surface area (Å²) in [5.41, 5.74) is 3.69. The third-order valence-corrected chi connectivity index (χ3v) is 5.34. The summed E-state index contributed by atoms with van der Waals surface area (Å²) in [6, 6.07) is 16.9. The zero-order chi connectivity index (χ0) is 16.7. The molecule has 0 saturated heterocycles. The van der Waals surface area contributed by atoms with Crippen LogP contribution in [0.2, 0.25) is 0 Å². The SMILES string of the molecule is CCCNC(=O)CSC(c1ccc(C)cc1)c1ccc(Br)cc1. The van der Waals surface area contributed by atoms with Gasteiger partial charge < -0.3 is 5.32 Å². The highest BCUT2D eigenvalue weighted by atomic mass is 79.9. The maximum atomic E-state index is 11.9. The number of rotatable bonds is 7. The van der Waals surface area contributed by atoms with E-state index < -0.39 is 0 Å². The van der Waals surface area contributed by atoms with Crippen LogP contribution in [0.3, 0.4) is 0 Å². The number of thioether (sulfide) groups is 1. The van der Waals surface area contributed by atoms with Gasteiger partial charge >= 0.3 is 0 Å². The van der Waals surface area contributed by atoms with Crippen molar-refractivity contribution in [2.75, 3.05) is 12.3 Å². The van der Waals surface area contributed by atoms with Crippen LogP contribution in [-0.2, 0) is 4.79 Å². The molecule has 2 aromatic rings. The lowest BCUT2D eigenvalue weighted by molar-refractivity contribution is -0.118. The van der Waals surface area contributed by atoms with Gasteiger partial charge in [-0.2, -0.15) is 0 Å². The molecule has 1 N–H and O–H groups in total. The Hall–Kier alpha value is -1.26. The molecule has 0 fully saturated rings. The van der Waals surface area contributed by atoms with Gasteiger partial charge in [-0.1, -0.05) is 64.8 Å². The third-order valence-electron chi connectivity index (χ3n) is 3.51. The lowest BCUT2D eigenvalue weighted by atomic mass is 10.0. The average molecular weight is 392 g/mol. The lowest BCUT2D eigenvalue weighted by Crippen LogP contribution is -2.26. The largest absolute Gasteiger partial charge is 0.355 e. The minimum atomic E-state index is 0.103. The highest BCUT2D eigenvalue weighted by Gasteiger charge is 2.16. The summed E-state index contributed by atoms with van der Waals surface area (Å²) in [4.78, 5) is 11.9. The first kappa shape index (κ1) is 18.1. The molecule has 23 heavy (non-hydrogen) atoms. The summed E-state index contributed by atoms with van der Waals surface area (Å²) in [6.45, 7) is 4.89. The maximum Gasteiger partial charge on any atom is 0.230 e. The van der Waals surface area contributed by atoms with E-state index in [2.05, 4.69) is 71.5 Å². The van der Waals surface area contributed by atoms with Crippen LogP contribution < -0.4 is 5.32 Å². The van der Waals surface area contributed by atoms with Crippen molar-refractivity contribution in [1.82, 2.24) is 5.32 Å². The van der Waals surface area contributed by atoms with Gasteiger partial charge in [0.2, 0.25) is 5.91 Å². The smallest absolute Gasteiger partial charge is 0.230 e. The second-order valence-electron chi connectivity index (χ2n) is 5.50. The van der Waals surface area contributed by atoms with Crippen molar-refractivity contribution in [1.29, 1.82) is 0 Å². The molecular weight excluding hydrogens is 370 g/mol.